The number of hydrogen-bond acceptors (Lipinski definition) is 2. The zero-order valence-corrected chi connectivity index (χ0v) is 12.2. The molecule has 0 radical (unpaired) electrons. The van der Waals surface area contributed by atoms with Crippen LogP contribution in [0.3, 0.4) is 0 Å². The Balaban J connectivity index is 2.39. The largest absolute Gasteiger partial charge is 0.351 e. The van der Waals surface area contributed by atoms with Crippen LogP contribution in [-0.4, -0.2) is 23.9 Å². The summed E-state index contributed by atoms with van der Waals surface area (Å²) in [4.78, 5) is 23.7. The second-order valence-corrected chi connectivity index (χ2v) is 6.45. The van der Waals surface area contributed by atoms with Gasteiger partial charge in [0, 0.05) is 12.0 Å². The van der Waals surface area contributed by atoms with E-state index in [4.69, 9.17) is 0 Å². The highest BCUT2D eigenvalue weighted by Gasteiger charge is 2.29. The Morgan fingerprint density at radius 3 is 2.06 bits per heavy atom. The predicted octanol–water partition coefficient (Wildman–Crippen LogP) is 1.84. The molecular formula is C14H26N2O2. The number of carbonyl (C=O) groups is 2. The molecule has 1 aliphatic carbocycles. The van der Waals surface area contributed by atoms with E-state index < -0.39 is 6.04 Å². The molecule has 0 saturated heterocycles. The summed E-state index contributed by atoms with van der Waals surface area (Å²) in [6, 6.07) is -0.379. The summed E-state index contributed by atoms with van der Waals surface area (Å²) in [6.45, 7) is 9.96. The Morgan fingerprint density at radius 2 is 1.67 bits per heavy atom. The van der Waals surface area contributed by atoms with Crippen molar-refractivity contribution in [3.63, 3.8) is 0 Å². The van der Waals surface area contributed by atoms with Crippen molar-refractivity contribution >= 4 is 11.8 Å². The van der Waals surface area contributed by atoms with Gasteiger partial charge in [0.1, 0.15) is 6.04 Å². The van der Waals surface area contributed by atoms with Crippen LogP contribution in [0.25, 0.3) is 0 Å². The van der Waals surface area contributed by atoms with E-state index in [1.54, 1.807) is 6.92 Å². The van der Waals surface area contributed by atoms with Crippen molar-refractivity contribution < 1.29 is 9.59 Å². The molecule has 0 unspecified atom stereocenters. The molecule has 0 spiro atoms. The molecule has 0 aromatic heterocycles. The maximum atomic E-state index is 11.9. The van der Waals surface area contributed by atoms with E-state index in [2.05, 4.69) is 31.4 Å². The second-order valence-electron chi connectivity index (χ2n) is 6.45. The van der Waals surface area contributed by atoms with Crippen molar-refractivity contribution in [2.75, 3.05) is 0 Å². The van der Waals surface area contributed by atoms with Crippen LogP contribution < -0.4 is 10.6 Å². The van der Waals surface area contributed by atoms with Gasteiger partial charge in [0.05, 0.1) is 0 Å². The maximum absolute atomic E-state index is 11.9. The third-order valence-corrected chi connectivity index (χ3v) is 3.89. The summed E-state index contributed by atoms with van der Waals surface area (Å²) in [6.07, 6.45) is 3.04. The maximum Gasteiger partial charge on any atom is 0.242 e. The van der Waals surface area contributed by atoms with Gasteiger partial charge in [-0.1, -0.05) is 27.2 Å². The smallest absolute Gasteiger partial charge is 0.242 e. The molecule has 104 valence electrons. The first-order valence-electron chi connectivity index (χ1n) is 6.82. The molecular weight excluding hydrogens is 228 g/mol. The van der Waals surface area contributed by atoms with Crippen molar-refractivity contribution in [2.24, 2.45) is 11.3 Å². The summed E-state index contributed by atoms with van der Waals surface area (Å²) in [5.74, 6) is 0.0395. The van der Waals surface area contributed by atoms with E-state index in [1.807, 2.05) is 6.92 Å². The third-order valence-electron chi connectivity index (χ3n) is 3.89. The average molecular weight is 254 g/mol. The summed E-state index contributed by atoms with van der Waals surface area (Å²) in [5, 5.41) is 5.73. The van der Waals surface area contributed by atoms with Crippen LogP contribution in [0, 0.1) is 11.3 Å². The van der Waals surface area contributed by atoms with Gasteiger partial charge in [-0.3, -0.25) is 9.59 Å². The monoisotopic (exact) mass is 254 g/mol. The lowest BCUT2D eigenvalue weighted by molar-refractivity contribution is -0.132. The molecule has 2 atom stereocenters. The Morgan fingerprint density at radius 1 is 1.11 bits per heavy atom. The lowest BCUT2D eigenvalue weighted by Gasteiger charge is -2.30. The van der Waals surface area contributed by atoms with Crippen molar-refractivity contribution in [3.05, 3.63) is 0 Å². The summed E-state index contributed by atoms with van der Waals surface area (Å²) >= 11 is 0. The Labute approximate surface area is 110 Å². The minimum absolute atomic E-state index is 0.0207. The van der Waals surface area contributed by atoms with E-state index in [0.29, 0.717) is 0 Å². The van der Waals surface area contributed by atoms with Gasteiger partial charge in [0.25, 0.3) is 0 Å². The normalized spacial score (nSPS) is 19.6. The molecule has 1 fully saturated rings. The first-order valence-corrected chi connectivity index (χ1v) is 6.82. The van der Waals surface area contributed by atoms with Crippen LogP contribution in [0.1, 0.15) is 53.9 Å². The quantitative estimate of drug-likeness (QED) is 0.804. The molecule has 1 saturated carbocycles. The van der Waals surface area contributed by atoms with Crippen LogP contribution >= 0.6 is 0 Å². The van der Waals surface area contributed by atoms with Crippen molar-refractivity contribution in [1.29, 1.82) is 0 Å². The highest BCUT2D eigenvalue weighted by molar-refractivity contribution is 5.88. The average Bonchev–Trinajstić information content (AvgIpc) is 2.12. The van der Waals surface area contributed by atoms with E-state index in [-0.39, 0.29) is 29.2 Å². The number of rotatable bonds is 4. The van der Waals surface area contributed by atoms with E-state index >= 15 is 0 Å². The number of nitrogens with one attached hydrogen (secondary N) is 2. The van der Waals surface area contributed by atoms with E-state index in [9.17, 15) is 9.59 Å². The van der Waals surface area contributed by atoms with Gasteiger partial charge >= 0.3 is 0 Å². The molecule has 0 bridgehead atoms. The molecule has 0 aliphatic heterocycles. The van der Waals surface area contributed by atoms with Gasteiger partial charge in [-0.2, -0.15) is 0 Å². The molecule has 18 heavy (non-hydrogen) atoms. The molecule has 4 nitrogen and oxygen atoms in total. The molecule has 4 heteroatoms. The fraction of sp³-hybridized carbons (Fsp3) is 0.857. The minimum atomic E-state index is -0.456. The summed E-state index contributed by atoms with van der Waals surface area (Å²) in [5.41, 5.74) is 0.0212. The molecule has 0 heterocycles. The first kappa shape index (κ1) is 15.0. The zero-order valence-electron chi connectivity index (χ0n) is 12.2. The predicted molar refractivity (Wildman–Crippen MR) is 72.0 cm³/mol. The van der Waals surface area contributed by atoms with Gasteiger partial charge < -0.3 is 10.6 Å². The zero-order chi connectivity index (χ0) is 13.9. The van der Waals surface area contributed by atoms with Crippen LogP contribution in [0.15, 0.2) is 0 Å². The van der Waals surface area contributed by atoms with E-state index in [0.717, 1.165) is 19.3 Å². The molecule has 1 rings (SSSR count). The number of carbonyl (C=O) groups excluding carboxylic acids is 2. The fourth-order valence-corrected chi connectivity index (χ4v) is 1.62. The Bertz CT molecular complexity index is 316. The van der Waals surface area contributed by atoms with Crippen molar-refractivity contribution in [3.8, 4) is 0 Å². The molecule has 2 amide bonds. The SMILES string of the molecule is C[C@H](NC(=O)C1CCC1)C(=O)N[C@@H](C)C(C)(C)C. The first-order chi connectivity index (χ1) is 8.21. The van der Waals surface area contributed by atoms with Crippen LogP contribution in [0.2, 0.25) is 0 Å². The molecule has 0 aromatic carbocycles. The van der Waals surface area contributed by atoms with Crippen LogP contribution in [0.5, 0.6) is 0 Å². The number of hydrogen-bond donors (Lipinski definition) is 2. The summed E-state index contributed by atoms with van der Waals surface area (Å²) in [7, 11) is 0. The highest BCUT2D eigenvalue weighted by atomic mass is 16.2. The van der Waals surface area contributed by atoms with Crippen molar-refractivity contribution in [2.45, 2.75) is 66.0 Å². The highest BCUT2D eigenvalue weighted by Crippen LogP contribution is 2.26. The van der Waals surface area contributed by atoms with Crippen molar-refractivity contribution in [1.82, 2.24) is 10.6 Å². The van der Waals surface area contributed by atoms with Crippen LogP contribution in [-0.2, 0) is 9.59 Å². The van der Waals surface area contributed by atoms with Gasteiger partial charge in [0.15, 0.2) is 0 Å². The second kappa shape index (κ2) is 5.72. The Kier molecular flexibility index (Phi) is 4.77. The summed E-state index contributed by atoms with van der Waals surface area (Å²) < 4.78 is 0. The van der Waals surface area contributed by atoms with Gasteiger partial charge in [-0.15, -0.1) is 0 Å². The topological polar surface area (TPSA) is 58.2 Å². The minimum Gasteiger partial charge on any atom is -0.351 e. The molecule has 0 aromatic rings. The molecule has 1 aliphatic rings. The van der Waals surface area contributed by atoms with Gasteiger partial charge in [-0.25, -0.2) is 0 Å². The lowest BCUT2D eigenvalue weighted by Crippen LogP contribution is -2.51. The fourth-order valence-electron chi connectivity index (χ4n) is 1.62. The van der Waals surface area contributed by atoms with Crippen LogP contribution in [0.4, 0.5) is 0 Å². The van der Waals surface area contributed by atoms with Gasteiger partial charge in [-0.05, 0) is 32.1 Å². The van der Waals surface area contributed by atoms with Gasteiger partial charge in [0.2, 0.25) is 11.8 Å². The Hall–Kier alpha value is -1.06. The standard InChI is InChI=1S/C14H26N2O2/c1-9(15-13(18)11-7-6-8-11)12(17)16-10(2)14(3,4)5/h9-11H,6-8H2,1-5H3,(H,15,18)(H,16,17)/t9-,10-/m0/s1. The molecule has 2 N–H and O–H groups in total. The number of amides is 2. The van der Waals surface area contributed by atoms with E-state index in [1.165, 1.54) is 0 Å². The lowest BCUT2D eigenvalue weighted by atomic mass is 9.84. The third kappa shape index (κ3) is 4.00.